The molecule has 72 valence electrons. The van der Waals surface area contributed by atoms with Crippen LogP contribution in [0, 0.1) is 0 Å². The third-order valence-electron chi connectivity index (χ3n) is 2.61. The minimum atomic E-state index is -0.136. The summed E-state index contributed by atoms with van der Waals surface area (Å²) < 4.78 is 4.90. The Kier molecular flexibility index (Phi) is 2.19. The van der Waals surface area contributed by atoms with E-state index in [-0.39, 0.29) is 18.1 Å². The van der Waals surface area contributed by atoms with Gasteiger partial charge >= 0.3 is 0 Å². The van der Waals surface area contributed by atoms with Crippen molar-refractivity contribution in [2.75, 3.05) is 5.75 Å². The van der Waals surface area contributed by atoms with Crippen LogP contribution in [-0.4, -0.2) is 40.6 Å². The zero-order valence-electron chi connectivity index (χ0n) is 7.30. The predicted molar refractivity (Wildman–Crippen MR) is 48.1 cm³/mol. The highest BCUT2D eigenvalue weighted by Crippen LogP contribution is 2.38. The first-order valence-electron chi connectivity index (χ1n) is 4.26. The number of fused-ring (bicyclic) bond motifs is 1. The number of β-lactam (4-membered cyclic amide) rings is 1. The van der Waals surface area contributed by atoms with Crippen molar-refractivity contribution < 1.29 is 14.3 Å². The van der Waals surface area contributed by atoms with Crippen LogP contribution in [0.1, 0.15) is 13.3 Å². The van der Waals surface area contributed by atoms with Crippen molar-refractivity contribution in [1.29, 1.82) is 0 Å². The maximum atomic E-state index is 11.2. The third-order valence-corrected chi connectivity index (χ3v) is 3.91. The smallest absolute Gasteiger partial charge is 0.293 e. The van der Waals surface area contributed by atoms with E-state index in [4.69, 9.17) is 4.74 Å². The Morgan fingerprint density at radius 1 is 1.69 bits per heavy atom. The monoisotopic (exact) mass is 201 g/mol. The summed E-state index contributed by atoms with van der Waals surface area (Å²) in [4.78, 5) is 23.2. The summed E-state index contributed by atoms with van der Waals surface area (Å²) in [6, 6.07) is 0.0395. The van der Waals surface area contributed by atoms with E-state index >= 15 is 0 Å². The number of hydrogen-bond donors (Lipinski definition) is 0. The van der Waals surface area contributed by atoms with Crippen molar-refractivity contribution in [2.24, 2.45) is 0 Å². The van der Waals surface area contributed by atoms with Gasteiger partial charge in [-0.15, -0.1) is 11.8 Å². The minimum absolute atomic E-state index is 0.0395. The number of carbonyl (C=O) groups is 2. The fourth-order valence-electron chi connectivity index (χ4n) is 1.78. The Balaban J connectivity index is 2.03. The number of ether oxygens (including phenoxy) is 1. The molecule has 0 aliphatic carbocycles. The van der Waals surface area contributed by atoms with Crippen molar-refractivity contribution in [1.82, 2.24) is 4.90 Å². The van der Waals surface area contributed by atoms with Gasteiger partial charge in [0.15, 0.2) is 0 Å². The first-order chi connectivity index (χ1) is 6.24. The minimum Gasteiger partial charge on any atom is -0.462 e. The molecule has 2 aliphatic heterocycles. The first-order valence-corrected chi connectivity index (χ1v) is 5.31. The highest BCUT2D eigenvalue weighted by Gasteiger charge is 2.46. The Hall–Kier alpha value is -0.710. The zero-order chi connectivity index (χ0) is 9.42. The lowest BCUT2D eigenvalue weighted by Crippen LogP contribution is -2.62. The second kappa shape index (κ2) is 3.21. The Morgan fingerprint density at radius 2 is 2.46 bits per heavy atom. The van der Waals surface area contributed by atoms with Gasteiger partial charge in [-0.2, -0.15) is 0 Å². The average Bonchev–Trinajstić information content (AvgIpc) is 2.07. The molecule has 2 saturated heterocycles. The highest BCUT2D eigenvalue weighted by atomic mass is 32.2. The summed E-state index contributed by atoms with van der Waals surface area (Å²) in [7, 11) is 0. The van der Waals surface area contributed by atoms with Crippen LogP contribution in [0.4, 0.5) is 0 Å². The van der Waals surface area contributed by atoms with E-state index in [1.165, 1.54) is 0 Å². The molecule has 0 bridgehead atoms. The topological polar surface area (TPSA) is 46.6 Å². The van der Waals surface area contributed by atoms with Gasteiger partial charge in [-0.3, -0.25) is 9.59 Å². The van der Waals surface area contributed by atoms with Gasteiger partial charge in [-0.05, 0) is 6.92 Å². The molecule has 0 radical (unpaired) electrons. The summed E-state index contributed by atoms with van der Waals surface area (Å²) in [5, 5.41) is 0.328. The molecule has 2 rings (SSSR count). The second-order valence-electron chi connectivity index (χ2n) is 3.30. The number of carbonyl (C=O) groups excluding carboxylic acids is 2. The molecule has 2 heterocycles. The Morgan fingerprint density at radius 3 is 3.08 bits per heavy atom. The lowest BCUT2D eigenvalue weighted by molar-refractivity contribution is -0.153. The fourth-order valence-corrected chi connectivity index (χ4v) is 3.28. The molecular formula is C8H11NO3S. The maximum absolute atomic E-state index is 11.2. The van der Waals surface area contributed by atoms with Crippen LogP contribution in [0.5, 0.6) is 0 Å². The summed E-state index contributed by atoms with van der Waals surface area (Å²) in [6.45, 7) is 2.39. The molecule has 2 fully saturated rings. The predicted octanol–water partition coefficient (Wildman–Crippen LogP) is 0.222. The van der Waals surface area contributed by atoms with Crippen LogP contribution in [0.3, 0.4) is 0 Å². The second-order valence-corrected chi connectivity index (χ2v) is 4.52. The van der Waals surface area contributed by atoms with Crippen LogP contribution in [-0.2, 0) is 14.3 Å². The molecule has 0 aromatic rings. The molecule has 5 heteroatoms. The quantitative estimate of drug-likeness (QED) is 0.473. The van der Waals surface area contributed by atoms with E-state index in [9.17, 15) is 9.59 Å². The maximum Gasteiger partial charge on any atom is 0.293 e. The van der Waals surface area contributed by atoms with E-state index in [0.29, 0.717) is 18.3 Å². The average molecular weight is 201 g/mol. The molecule has 1 amide bonds. The van der Waals surface area contributed by atoms with Crippen molar-refractivity contribution in [2.45, 2.75) is 30.9 Å². The van der Waals surface area contributed by atoms with E-state index < -0.39 is 0 Å². The van der Waals surface area contributed by atoms with Gasteiger partial charge in [0, 0.05) is 5.75 Å². The summed E-state index contributed by atoms with van der Waals surface area (Å²) >= 11 is 1.69. The molecule has 0 saturated carbocycles. The number of rotatable bonds is 2. The fraction of sp³-hybridized carbons (Fsp3) is 0.750. The van der Waals surface area contributed by atoms with Crippen LogP contribution >= 0.6 is 11.8 Å². The SMILES string of the molecule is CC1C(OC=O)CS[C@@H]2CC(=O)N12. The molecule has 0 spiro atoms. The summed E-state index contributed by atoms with van der Waals surface area (Å²) in [6.07, 6.45) is 0.506. The van der Waals surface area contributed by atoms with E-state index in [0.717, 1.165) is 5.75 Å². The van der Waals surface area contributed by atoms with Gasteiger partial charge < -0.3 is 9.64 Å². The molecule has 0 aromatic heterocycles. The van der Waals surface area contributed by atoms with Crippen molar-refractivity contribution in [3.8, 4) is 0 Å². The molecular weight excluding hydrogens is 190 g/mol. The molecule has 2 unspecified atom stereocenters. The molecule has 4 nitrogen and oxygen atoms in total. The number of nitrogens with zero attached hydrogens (tertiary/aromatic N) is 1. The number of amides is 1. The van der Waals surface area contributed by atoms with Crippen molar-refractivity contribution >= 4 is 24.1 Å². The van der Waals surface area contributed by atoms with Gasteiger partial charge in [0.1, 0.15) is 6.10 Å². The molecule has 0 aromatic carbocycles. The third kappa shape index (κ3) is 1.31. The van der Waals surface area contributed by atoms with Gasteiger partial charge in [-0.1, -0.05) is 0 Å². The van der Waals surface area contributed by atoms with Crippen molar-refractivity contribution in [3.63, 3.8) is 0 Å². The number of hydrogen-bond acceptors (Lipinski definition) is 4. The molecule has 0 N–H and O–H groups in total. The van der Waals surface area contributed by atoms with E-state index in [2.05, 4.69) is 0 Å². The van der Waals surface area contributed by atoms with E-state index in [1.54, 1.807) is 11.8 Å². The lowest BCUT2D eigenvalue weighted by atomic mass is 10.1. The van der Waals surface area contributed by atoms with Gasteiger partial charge in [-0.25, -0.2) is 0 Å². The first kappa shape index (κ1) is 8.87. The standard InChI is InChI=1S/C8H11NO3S/c1-5-6(12-4-10)3-13-8-2-7(11)9(5)8/h4-6,8H,2-3H2,1H3/t5?,6?,8-/m1/s1. The lowest BCUT2D eigenvalue weighted by Gasteiger charge is -2.49. The largest absolute Gasteiger partial charge is 0.462 e. The summed E-state index contributed by atoms with van der Waals surface area (Å²) in [5.74, 6) is 0.971. The van der Waals surface area contributed by atoms with Crippen LogP contribution in [0.25, 0.3) is 0 Å². The van der Waals surface area contributed by atoms with Crippen LogP contribution in [0.15, 0.2) is 0 Å². The highest BCUT2D eigenvalue weighted by molar-refractivity contribution is 8.00. The van der Waals surface area contributed by atoms with Crippen LogP contribution < -0.4 is 0 Å². The molecule has 3 atom stereocenters. The summed E-state index contributed by atoms with van der Waals surface area (Å²) in [5.41, 5.74) is 0. The molecule has 2 aliphatic rings. The van der Waals surface area contributed by atoms with Crippen molar-refractivity contribution in [3.05, 3.63) is 0 Å². The zero-order valence-corrected chi connectivity index (χ0v) is 8.12. The van der Waals surface area contributed by atoms with Gasteiger partial charge in [0.25, 0.3) is 6.47 Å². The van der Waals surface area contributed by atoms with E-state index in [1.807, 2.05) is 11.8 Å². The molecule has 13 heavy (non-hydrogen) atoms. The Bertz CT molecular complexity index is 246. The van der Waals surface area contributed by atoms with Crippen LogP contribution in [0.2, 0.25) is 0 Å². The van der Waals surface area contributed by atoms with Gasteiger partial charge in [0.05, 0.1) is 17.8 Å². The normalized spacial score (nSPS) is 37.8. The van der Waals surface area contributed by atoms with Gasteiger partial charge in [0.2, 0.25) is 5.91 Å². The number of thioether (sulfide) groups is 1. The Labute approximate surface area is 80.6 Å².